The molecule has 0 atom stereocenters. The van der Waals surface area contributed by atoms with Gasteiger partial charge in [0.2, 0.25) is 0 Å². The third-order valence-corrected chi connectivity index (χ3v) is 3.46. The van der Waals surface area contributed by atoms with Gasteiger partial charge in [-0.2, -0.15) is 0 Å². The van der Waals surface area contributed by atoms with Gasteiger partial charge in [0, 0.05) is 26.7 Å². The van der Waals surface area contributed by atoms with Gasteiger partial charge in [-0.25, -0.2) is 0 Å². The van der Waals surface area contributed by atoms with Gasteiger partial charge in [0.1, 0.15) is 12.4 Å². The number of nitrogens with one attached hydrogen (secondary N) is 1. The fourth-order valence-corrected chi connectivity index (χ4v) is 2.38. The number of hydrogen-bond donors (Lipinski definition) is 1. The highest BCUT2D eigenvalue weighted by atomic mass is 16.5. The van der Waals surface area contributed by atoms with Crippen molar-refractivity contribution in [3.63, 3.8) is 0 Å². The van der Waals surface area contributed by atoms with Crippen LogP contribution in [0.3, 0.4) is 0 Å². The lowest BCUT2D eigenvalue weighted by Gasteiger charge is -2.24. The van der Waals surface area contributed by atoms with Crippen molar-refractivity contribution in [3.05, 3.63) is 24.3 Å². The Bertz CT molecular complexity index is 393. The molecule has 21 heavy (non-hydrogen) atoms. The normalized spacial score (nSPS) is 15.8. The average molecular weight is 294 g/mol. The fraction of sp³-hybridized carbons (Fsp3) is 0.625. The molecule has 1 N–H and O–H groups in total. The molecular weight excluding hydrogens is 268 g/mol. The zero-order valence-electron chi connectivity index (χ0n) is 12.8. The van der Waals surface area contributed by atoms with Gasteiger partial charge in [0.15, 0.2) is 0 Å². The number of ether oxygens (including phenoxy) is 3. The van der Waals surface area contributed by atoms with E-state index < -0.39 is 0 Å². The minimum atomic E-state index is 0.562. The minimum Gasteiger partial charge on any atom is -0.489 e. The summed E-state index contributed by atoms with van der Waals surface area (Å²) in [5.74, 6) is 0.940. The first-order chi connectivity index (χ1) is 10.4. The molecule has 1 aliphatic rings. The predicted octanol–water partition coefficient (Wildman–Crippen LogP) is 1.53. The summed E-state index contributed by atoms with van der Waals surface area (Å²) in [4.78, 5) is 2.39. The van der Waals surface area contributed by atoms with Gasteiger partial charge in [-0.1, -0.05) is 12.1 Å². The van der Waals surface area contributed by atoms with Gasteiger partial charge in [0.05, 0.1) is 25.5 Å². The predicted molar refractivity (Wildman–Crippen MR) is 84.3 cm³/mol. The van der Waals surface area contributed by atoms with Gasteiger partial charge in [0.25, 0.3) is 0 Å². The van der Waals surface area contributed by atoms with Crippen molar-refractivity contribution in [2.45, 2.75) is 6.42 Å². The number of anilines is 1. The Hall–Kier alpha value is -1.30. The lowest BCUT2D eigenvalue weighted by molar-refractivity contribution is 0.0545. The van der Waals surface area contributed by atoms with Crippen LogP contribution < -0.4 is 15.0 Å². The zero-order chi connectivity index (χ0) is 14.8. The van der Waals surface area contributed by atoms with Crippen molar-refractivity contribution in [3.8, 4) is 5.75 Å². The molecule has 0 spiro atoms. The molecule has 1 fully saturated rings. The van der Waals surface area contributed by atoms with Crippen molar-refractivity contribution in [2.24, 2.45) is 0 Å². The molecule has 1 heterocycles. The first-order valence-corrected chi connectivity index (χ1v) is 7.66. The summed E-state index contributed by atoms with van der Waals surface area (Å²) in [7, 11) is 1.67. The van der Waals surface area contributed by atoms with E-state index in [1.165, 1.54) is 5.69 Å². The van der Waals surface area contributed by atoms with Crippen LogP contribution in [0.4, 0.5) is 5.69 Å². The first-order valence-electron chi connectivity index (χ1n) is 7.66. The van der Waals surface area contributed by atoms with Gasteiger partial charge in [-0.05, 0) is 25.1 Å². The van der Waals surface area contributed by atoms with Gasteiger partial charge >= 0.3 is 0 Å². The van der Waals surface area contributed by atoms with E-state index in [0.29, 0.717) is 26.4 Å². The standard InChI is InChI=1S/C16H26N2O3/c1-19-11-12-20-13-14-21-16-6-3-2-5-15(16)18-9-4-7-17-8-10-18/h2-3,5-6,17H,4,7-14H2,1H3. The van der Waals surface area contributed by atoms with Crippen LogP contribution >= 0.6 is 0 Å². The molecule has 5 heteroatoms. The Morgan fingerprint density at radius 3 is 2.81 bits per heavy atom. The minimum absolute atomic E-state index is 0.562. The molecule has 2 rings (SSSR count). The molecule has 1 aromatic carbocycles. The Morgan fingerprint density at radius 2 is 1.90 bits per heavy atom. The topological polar surface area (TPSA) is 43.0 Å². The molecule has 1 aliphatic heterocycles. The van der Waals surface area contributed by atoms with E-state index in [1.54, 1.807) is 7.11 Å². The largest absolute Gasteiger partial charge is 0.489 e. The second-order valence-corrected chi connectivity index (χ2v) is 5.01. The number of para-hydroxylation sites is 2. The maximum Gasteiger partial charge on any atom is 0.142 e. The van der Waals surface area contributed by atoms with E-state index in [4.69, 9.17) is 14.2 Å². The van der Waals surface area contributed by atoms with E-state index in [1.807, 2.05) is 12.1 Å². The summed E-state index contributed by atoms with van der Waals surface area (Å²) in [6.07, 6.45) is 1.16. The Balaban J connectivity index is 1.84. The van der Waals surface area contributed by atoms with Crippen LogP contribution in [0.2, 0.25) is 0 Å². The van der Waals surface area contributed by atoms with Crippen LogP contribution in [0.5, 0.6) is 5.75 Å². The quantitative estimate of drug-likeness (QED) is 0.737. The lowest BCUT2D eigenvalue weighted by atomic mass is 10.2. The second kappa shape index (κ2) is 9.60. The summed E-state index contributed by atoms with van der Waals surface area (Å²) in [5.41, 5.74) is 1.18. The molecule has 0 saturated carbocycles. The molecule has 0 amide bonds. The van der Waals surface area contributed by atoms with Crippen molar-refractivity contribution in [1.29, 1.82) is 0 Å². The molecule has 1 saturated heterocycles. The summed E-state index contributed by atoms with van der Waals surface area (Å²) in [5, 5.41) is 3.42. The van der Waals surface area contributed by atoms with E-state index in [2.05, 4.69) is 22.3 Å². The second-order valence-electron chi connectivity index (χ2n) is 5.01. The van der Waals surface area contributed by atoms with Crippen LogP contribution in [-0.2, 0) is 9.47 Å². The van der Waals surface area contributed by atoms with Gasteiger partial charge < -0.3 is 24.4 Å². The highest BCUT2D eigenvalue weighted by molar-refractivity contribution is 5.58. The third-order valence-electron chi connectivity index (χ3n) is 3.46. The molecule has 0 unspecified atom stereocenters. The Morgan fingerprint density at radius 1 is 1.05 bits per heavy atom. The van der Waals surface area contributed by atoms with Crippen molar-refractivity contribution in [2.75, 3.05) is 64.6 Å². The summed E-state index contributed by atoms with van der Waals surface area (Å²) < 4.78 is 16.2. The Kier molecular flexibility index (Phi) is 7.35. The number of methoxy groups -OCH3 is 1. The number of nitrogens with zero attached hydrogens (tertiary/aromatic N) is 1. The summed E-state index contributed by atoms with van der Waals surface area (Å²) in [6.45, 7) is 6.58. The molecule has 0 radical (unpaired) electrons. The Labute approximate surface area is 127 Å². The van der Waals surface area contributed by atoms with Gasteiger partial charge in [-0.15, -0.1) is 0 Å². The molecule has 1 aromatic rings. The smallest absolute Gasteiger partial charge is 0.142 e. The van der Waals surface area contributed by atoms with Crippen LogP contribution in [0.15, 0.2) is 24.3 Å². The zero-order valence-corrected chi connectivity index (χ0v) is 12.8. The maximum atomic E-state index is 5.88. The molecule has 0 aliphatic carbocycles. The number of hydrogen-bond acceptors (Lipinski definition) is 5. The average Bonchev–Trinajstić information content (AvgIpc) is 2.80. The van der Waals surface area contributed by atoms with E-state index in [0.717, 1.165) is 38.3 Å². The van der Waals surface area contributed by atoms with E-state index in [9.17, 15) is 0 Å². The van der Waals surface area contributed by atoms with Crippen LogP contribution in [-0.4, -0.2) is 59.7 Å². The summed E-state index contributed by atoms with van der Waals surface area (Å²) >= 11 is 0. The first kappa shape index (κ1) is 16.1. The monoisotopic (exact) mass is 294 g/mol. The molecular formula is C16H26N2O3. The highest BCUT2D eigenvalue weighted by Crippen LogP contribution is 2.28. The number of rotatable bonds is 8. The van der Waals surface area contributed by atoms with Crippen LogP contribution in [0, 0.1) is 0 Å². The van der Waals surface area contributed by atoms with Crippen molar-refractivity contribution < 1.29 is 14.2 Å². The fourth-order valence-electron chi connectivity index (χ4n) is 2.38. The van der Waals surface area contributed by atoms with Gasteiger partial charge in [-0.3, -0.25) is 0 Å². The number of benzene rings is 1. The van der Waals surface area contributed by atoms with Crippen LogP contribution in [0.1, 0.15) is 6.42 Å². The van der Waals surface area contributed by atoms with E-state index >= 15 is 0 Å². The van der Waals surface area contributed by atoms with Crippen molar-refractivity contribution >= 4 is 5.69 Å². The maximum absolute atomic E-state index is 5.88. The molecule has 5 nitrogen and oxygen atoms in total. The molecule has 0 aromatic heterocycles. The van der Waals surface area contributed by atoms with E-state index in [-0.39, 0.29) is 0 Å². The SMILES string of the molecule is COCCOCCOc1ccccc1N1CCCNCC1. The van der Waals surface area contributed by atoms with Crippen molar-refractivity contribution in [1.82, 2.24) is 5.32 Å². The third kappa shape index (κ3) is 5.53. The molecule has 118 valence electrons. The highest BCUT2D eigenvalue weighted by Gasteiger charge is 2.13. The molecule has 0 bridgehead atoms. The lowest BCUT2D eigenvalue weighted by Crippen LogP contribution is -2.28. The summed E-state index contributed by atoms with van der Waals surface area (Å²) in [6, 6.07) is 8.24. The van der Waals surface area contributed by atoms with Crippen LogP contribution in [0.25, 0.3) is 0 Å².